The second kappa shape index (κ2) is 5.49. The van der Waals surface area contributed by atoms with Crippen LogP contribution in [0.4, 0.5) is 0 Å². The first-order valence-electron chi connectivity index (χ1n) is 5.48. The number of rotatable bonds is 3. The van der Waals surface area contributed by atoms with Crippen molar-refractivity contribution in [3.63, 3.8) is 0 Å². The molecule has 2 N–H and O–H groups in total. The van der Waals surface area contributed by atoms with Crippen molar-refractivity contribution in [3.05, 3.63) is 23.8 Å². The van der Waals surface area contributed by atoms with Crippen LogP contribution < -0.4 is 10.1 Å². The highest BCUT2D eigenvalue weighted by Crippen LogP contribution is 2.41. The first-order valence-corrected chi connectivity index (χ1v) is 6.53. The van der Waals surface area contributed by atoms with Crippen molar-refractivity contribution in [1.82, 2.24) is 5.32 Å². The zero-order chi connectivity index (χ0) is 13.1. The number of nitrogens with one attached hydrogen (secondary N) is 1. The molecule has 1 aliphatic rings. The molecule has 0 saturated carbocycles. The molecule has 0 spiro atoms. The summed E-state index contributed by atoms with van der Waals surface area (Å²) in [7, 11) is 2.87. The highest BCUT2D eigenvalue weighted by molar-refractivity contribution is 7.99. The summed E-state index contributed by atoms with van der Waals surface area (Å²) in [5.41, 5.74) is 0.714. The molecule has 0 aromatic heterocycles. The van der Waals surface area contributed by atoms with Crippen LogP contribution in [0, 0.1) is 0 Å². The molecule has 1 aromatic carbocycles. The third-order valence-electron chi connectivity index (χ3n) is 2.80. The third kappa shape index (κ3) is 2.39. The predicted octanol–water partition coefficient (Wildman–Crippen LogP) is 1.28. The fourth-order valence-electron chi connectivity index (χ4n) is 1.84. The summed E-state index contributed by atoms with van der Waals surface area (Å²) in [6.45, 7) is 0. The van der Waals surface area contributed by atoms with Crippen LogP contribution in [-0.4, -0.2) is 37.1 Å². The van der Waals surface area contributed by atoms with Crippen molar-refractivity contribution < 1.29 is 19.4 Å². The molecule has 5 nitrogen and oxygen atoms in total. The highest BCUT2D eigenvalue weighted by atomic mass is 32.2. The summed E-state index contributed by atoms with van der Waals surface area (Å²) in [4.78, 5) is 11.4. The van der Waals surface area contributed by atoms with E-state index < -0.39 is 0 Å². The Hall–Kier alpha value is -1.40. The molecule has 1 saturated heterocycles. The van der Waals surface area contributed by atoms with Crippen molar-refractivity contribution in [1.29, 1.82) is 0 Å². The summed E-state index contributed by atoms with van der Waals surface area (Å²) < 4.78 is 9.75. The Bertz CT molecular complexity index is 452. The maximum atomic E-state index is 11.4. The van der Waals surface area contributed by atoms with Crippen LogP contribution in [0.2, 0.25) is 0 Å². The van der Waals surface area contributed by atoms with Gasteiger partial charge in [-0.15, -0.1) is 11.8 Å². The fourth-order valence-corrected chi connectivity index (χ4v) is 3.09. The van der Waals surface area contributed by atoms with Crippen molar-refractivity contribution in [3.8, 4) is 11.5 Å². The number of esters is 1. The molecule has 1 heterocycles. The van der Waals surface area contributed by atoms with Crippen molar-refractivity contribution in [2.24, 2.45) is 0 Å². The lowest BCUT2D eigenvalue weighted by molar-refractivity contribution is -0.142. The minimum atomic E-state index is -0.337. The number of aromatic hydroxyl groups is 1. The number of benzene rings is 1. The normalized spacial score (nSPS) is 22.8. The number of carbonyl (C=O) groups is 1. The van der Waals surface area contributed by atoms with E-state index in [4.69, 9.17) is 9.47 Å². The van der Waals surface area contributed by atoms with Gasteiger partial charge in [-0.05, 0) is 6.07 Å². The zero-order valence-corrected chi connectivity index (χ0v) is 11.0. The Morgan fingerprint density at radius 2 is 2.28 bits per heavy atom. The first-order chi connectivity index (χ1) is 8.67. The molecule has 0 aliphatic carbocycles. The van der Waals surface area contributed by atoms with E-state index in [1.807, 2.05) is 12.1 Å². The second-order valence-corrected chi connectivity index (χ2v) is 4.99. The molecular formula is C12H15NO4S. The van der Waals surface area contributed by atoms with Crippen LogP contribution in [0.15, 0.2) is 18.2 Å². The number of ether oxygens (including phenoxy) is 2. The van der Waals surface area contributed by atoms with Gasteiger partial charge in [0.15, 0.2) is 11.5 Å². The maximum absolute atomic E-state index is 11.4. The Balaban J connectivity index is 2.17. The lowest BCUT2D eigenvalue weighted by atomic mass is 10.1. The highest BCUT2D eigenvalue weighted by Gasteiger charge is 2.32. The third-order valence-corrected chi connectivity index (χ3v) is 4.05. The van der Waals surface area contributed by atoms with Crippen molar-refractivity contribution in [2.45, 2.75) is 11.4 Å². The van der Waals surface area contributed by atoms with E-state index in [2.05, 4.69) is 5.32 Å². The smallest absolute Gasteiger partial charge is 0.323 e. The fraction of sp³-hybridized carbons (Fsp3) is 0.417. The standard InChI is InChI=1S/C12H15NO4S/c1-16-9-5-3-4-7(10(9)14)11-13-8(6-18-11)12(15)17-2/h3-5,8,11,13-14H,6H2,1-2H3/t8-,11?/m1/s1. The average Bonchev–Trinajstić information content (AvgIpc) is 2.87. The molecule has 0 bridgehead atoms. The van der Waals surface area contributed by atoms with Gasteiger partial charge >= 0.3 is 5.97 Å². The largest absolute Gasteiger partial charge is 0.504 e. The minimum Gasteiger partial charge on any atom is -0.504 e. The predicted molar refractivity (Wildman–Crippen MR) is 68.8 cm³/mol. The van der Waals surface area contributed by atoms with Gasteiger partial charge < -0.3 is 14.6 Å². The van der Waals surface area contributed by atoms with E-state index in [9.17, 15) is 9.90 Å². The summed E-state index contributed by atoms with van der Waals surface area (Å²) in [6.07, 6.45) is 0. The minimum absolute atomic E-state index is 0.107. The molecule has 2 rings (SSSR count). The first kappa shape index (κ1) is 13.0. The molecule has 1 aliphatic heterocycles. The molecule has 98 valence electrons. The van der Waals surface area contributed by atoms with Gasteiger partial charge in [0.2, 0.25) is 0 Å². The molecule has 1 unspecified atom stereocenters. The van der Waals surface area contributed by atoms with Crippen molar-refractivity contribution >= 4 is 17.7 Å². The summed E-state index contributed by atoms with van der Waals surface area (Å²) in [5.74, 6) is 0.868. The quantitative estimate of drug-likeness (QED) is 0.806. The zero-order valence-electron chi connectivity index (χ0n) is 10.2. The maximum Gasteiger partial charge on any atom is 0.323 e. The lowest BCUT2D eigenvalue weighted by Crippen LogP contribution is -2.34. The van der Waals surface area contributed by atoms with Crippen LogP contribution in [0.25, 0.3) is 0 Å². The topological polar surface area (TPSA) is 67.8 Å². The molecule has 6 heteroatoms. The van der Waals surface area contributed by atoms with Gasteiger partial charge in [0.25, 0.3) is 0 Å². The Kier molecular flexibility index (Phi) is 3.98. The Morgan fingerprint density at radius 3 is 2.94 bits per heavy atom. The molecule has 2 atom stereocenters. The van der Waals surface area contributed by atoms with Crippen LogP contribution >= 0.6 is 11.8 Å². The van der Waals surface area contributed by atoms with E-state index in [-0.39, 0.29) is 23.1 Å². The van der Waals surface area contributed by atoms with Crippen LogP contribution in [0.3, 0.4) is 0 Å². The number of phenolic OH excluding ortho intramolecular Hbond substituents is 1. The molecule has 0 radical (unpaired) electrons. The number of carbonyl (C=O) groups excluding carboxylic acids is 1. The van der Waals surface area contributed by atoms with Gasteiger partial charge in [0.05, 0.1) is 19.6 Å². The average molecular weight is 269 g/mol. The molecular weight excluding hydrogens is 254 g/mol. The number of methoxy groups -OCH3 is 2. The van der Waals surface area contributed by atoms with Crippen LogP contribution in [0.5, 0.6) is 11.5 Å². The Morgan fingerprint density at radius 1 is 1.50 bits per heavy atom. The Labute approximate surface area is 109 Å². The summed E-state index contributed by atoms with van der Waals surface area (Å²) in [6, 6.07) is 4.97. The lowest BCUT2D eigenvalue weighted by Gasteiger charge is -2.15. The van der Waals surface area contributed by atoms with E-state index in [1.165, 1.54) is 14.2 Å². The SMILES string of the molecule is COC(=O)[C@H]1CSC(c2cccc(OC)c2O)N1. The van der Waals surface area contributed by atoms with E-state index in [0.717, 1.165) is 0 Å². The number of para-hydroxylation sites is 1. The molecule has 1 aromatic rings. The van der Waals surface area contributed by atoms with Gasteiger partial charge in [-0.3, -0.25) is 10.1 Å². The summed E-state index contributed by atoms with van der Waals surface area (Å²) >= 11 is 1.55. The number of phenols is 1. The van der Waals surface area contributed by atoms with E-state index in [1.54, 1.807) is 17.8 Å². The van der Waals surface area contributed by atoms with Gasteiger partial charge in [-0.2, -0.15) is 0 Å². The van der Waals surface area contributed by atoms with E-state index in [0.29, 0.717) is 17.1 Å². The monoisotopic (exact) mass is 269 g/mol. The summed E-state index contributed by atoms with van der Waals surface area (Å²) in [5, 5.41) is 13.0. The second-order valence-electron chi connectivity index (χ2n) is 3.85. The number of hydrogen-bond acceptors (Lipinski definition) is 6. The number of thioether (sulfide) groups is 1. The van der Waals surface area contributed by atoms with Gasteiger partial charge in [-0.1, -0.05) is 12.1 Å². The van der Waals surface area contributed by atoms with Crippen molar-refractivity contribution in [2.75, 3.05) is 20.0 Å². The van der Waals surface area contributed by atoms with Crippen LogP contribution in [-0.2, 0) is 9.53 Å². The number of hydrogen-bond donors (Lipinski definition) is 2. The molecule has 0 amide bonds. The molecule has 1 fully saturated rings. The van der Waals surface area contributed by atoms with Gasteiger partial charge in [0, 0.05) is 11.3 Å². The van der Waals surface area contributed by atoms with Crippen LogP contribution in [0.1, 0.15) is 10.9 Å². The van der Waals surface area contributed by atoms with Gasteiger partial charge in [0.1, 0.15) is 6.04 Å². The van der Waals surface area contributed by atoms with E-state index >= 15 is 0 Å². The molecule has 18 heavy (non-hydrogen) atoms. The van der Waals surface area contributed by atoms with Gasteiger partial charge in [-0.25, -0.2) is 0 Å².